The van der Waals surface area contributed by atoms with Crippen molar-refractivity contribution in [1.82, 2.24) is 15.3 Å². The summed E-state index contributed by atoms with van der Waals surface area (Å²) in [7, 11) is 0. The first kappa shape index (κ1) is 17.8. The van der Waals surface area contributed by atoms with Gasteiger partial charge in [0.2, 0.25) is 0 Å². The number of benzene rings is 1. The van der Waals surface area contributed by atoms with Gasteiger partial charge in [-0.05, 0) is 49.3 Å². The van der Waals surface area contributed by atoms with Crippen LogP contribution in [0.2, 0.25) is 0 Å². The van der Waals surface area contributed by atoms with Crippen LogP contribution in [0.5, 0.6) is 0 Å². The number of carbonyl (C=O) groups is 1. The van der Waals surface area contributed by atoms with Crippen LogP contribution in [0.15, 0.2) is 18.2 Å². The number of fused-ring (bicyclic) bond motifs is 1. The van der Waals surface area contributed by atoms with E-state index >= 15 is 0 Å². The molecular weight excluding hydrogens is 310 g/mol. The summed E-state index contributed by atoms with van der Waals surface area (Å²) in [6.07, 6.45) is 5.27. The van der Waals surface area contributed by atoms with E-state index < -0.39 is 0 Å². The van der Waals surface area contributed by atoms with E-state index in [1.165, 1.54) is 12.8 Å². The van der Waals surface area contributed by atoms with E-state index in [0.717, 1.165) is 41.7 Å². The molecule has 1 aromatic carbocycles. The lowest BCUT2D eigenvalue weighted by Crippen LogP contribution is -2.43. The third-order valence-electron chi connectivity index (χ3n) is 5.77. The Morgan fingerprint density at radius 3 is 2.44 bits per heavy atom. The molecule has 0 bridgehead atoms. The summed E-state index contributed by atoms with van der Waals surface area (Å²) in [6, 6.07) is 5.94. The molecule has 1 fully saturated rings. The molecule has 2 aromatic rings. The summed E-state index contributed by atoms with van der Waals surface area (Å²) in [6.45, 7) is 8.73. The number of aromatic nitrogens is 2. The fraction of sp³-hybridized carbons (Fsp3) is 0.571. The highest BCUT2D eigenvalue weighted by molar-refractivity contribution is 5.97. The molecule has 134 valence electrons. The SMILES string of the molecule is CCc1nc2ccc(C(=O)N[C@@H]3CCC[C@H](C)[C@H]3C)cc2nc1CC. The lowest BCUT2D eigenvalue weighted by Gasteiger charge is -2.34. The number of carbonyl (C=O) groups excluding carboxylic acids is 1. The second-order valence-corrected chi connectivity index (χ2v) is 7.37. The molecule has 25 heavy (non-hydrogen) atoms. The van der Waals surface area contributed by atoms with Gasteiger partial charge in [0.25, 0.3) is 5.91 Å². The number of hydrogen-bond acceptors (Lipinski definition) is 3. The fourth-order valence-corrected chi connectivity index (χ4v) is 3.87. The maximum Gasteiger partial charge on any atom is 0.251 e. The first-order chi connectivity index (χ1) is 12.0. The van der Waals surface area contributed by atoms with Crippen LogP contribution in [-0.4, -0.2) is 21.9 Å². The van der Waals surface area contributed by atoms with Crippen molar-refractivity contribution >= 4 is 16.9 Å². The maximum atomic E-state index is 12.7. The Labute approximate surface area is 150 Å². The van der Waals surface area contributed by atoms with E-state index in [1.807, 2.05) is 18.2 Å². The largest absolute Gasteiger partial charge is 0.349 e. The molecule has 4 nitrogen and oxygen atoms in total. The zero-order valence-corrected chi connectivity index (χ0v) is 15.8. The number of aryl methyl sites for hydroxylation is 2. The van der Waals surface area contributed by atoms with Gasteiger partial charge in [-0.3, -0.25) is 4.79 Å². The molecule has 0 unspecified atom stereocenters. The quantitative estimate of drug-likeness (QED) is 0.903. The lowest BCUT2D eigenvalue weighted by atomic mass is 9.78. The summed E-state index contributed by atoms with van der Waals surface area (Å²) in [5.74, 6) is 1.20. The maximum absolute atomic E-state index is 12.7. The highest BCUT2D eigenvalue weighted by Gasteiger charge is 2.28. The Morgan fingerprint density at radius 1 is 1.08 bits per heavy atom. The van der Waals surface area contributed by atoms with Crippen molar-refractivity contribution in [3.05, 3.63) is 35.2 Å². The minimum Gasteiger partial charge on any atom is -0.349 e. The predicted molar refractivity (Wildman–Crippen MR) is 102 cm³/mol. The third kappa shape index (κ3) is 3.68. The van der Waals surface area contributed by atoms with E-state index in [1.54, 1.807) is 0 Å². The monoisotopic (exact) mass is 339 g/mol. The van der Waals surface area contributed by atoms with Crippen molar-refractivity contribution < 1.29 is 4.79 Å². The molecule has 0 radical (unpaired) electrons. The molecule has 1 aliphatic carbocycles. The minimum absolute atomic E-state index is 0.00673. The molecule has 1 heterocycles. The van der Waals surface area contributed by atoms with Gasteiger partial charge >= 0.3 is 0 Å². The minimum atomic E-state index is 0.00673. The summed E-state index contributed by atoms with van der Waals surface area (Å²) in [4.78, 5) is 22.2. The average Bonchev–Trinajstić information content (AvgIpc) is 2.63. The summed E-state index contributed by atoms with van der Waals surface area (Å²) >= 11 is 0. The van der Waals surface area contributed by atoms with Crippen molar-refractivity contribution in [1.29, 1.82) is 0 Å². The van der Waals surface area contributed by atoms with Crippen LogP contribution in [0.3, 0.4) is 0 Å². The first-order valence-electron chi connectivity index (χ1n) is 9.63. The molecular formula is C21H29N3O. The van der Waals surface area contributed by atoms with Gasteiger partial charge in [-0.15, -0.1) is 0 Å². The molecule has 3 rings (SSSR count). The summed E-state index contributed by atoms with van der Waals surface area (Å²) < 4.78 is 0. The van der Waals surface area contributed by atoms with Gasteiger partial charge in [-0.1, -0.05) is 40.5 Å². The standard InChI is InChI=1S/C21H29N3O/c1-5-16-17(6-2)23-20-12-15(10-11-19(20)22-16)21(25)24-18-9-7-8-13(3)14(18)4/h10-14,18H,5-9H2,1-4H3,(H,24,25)/t13-,14+,18+/m0/s1. The van der Waals surface area contributed by atoms with Gasteiger partial charge in [-0.25, -0.2) is 9.97 Å². The highest BCUT2D eigenvalue weighted by Crippen LogP contribution is 2.29. The predicted octanol–water partition coefficient (Wildman–Crippen LogP) is 4.31. The van der Waals surface area contributed by atoms with Crippen LogP contribution in [0.4, 0.5) is 0 Å². The van der Waals surface area contributed by atoms with Crippen LogP contribution >= 0.6 is 0 Å². The third-order valence-corrected chi connectivity index (χ3v) is 5.77. The normalized spacial score (nSPS) is 23.6. The molecule has 1 saturated carbocycles. The molecule has 4 heteroatoms. The van der Waals surface area contributed by atoms with Gasteiger partial charge in [0, 0.05) is 11.6 Å². The fourth-order valence-electron chi connectivity index (χ4n) is 3.87. The molecule has 1 amide bonds. The zero-order valence-electron chi connectivity index (χ0n) is 15.8. The zero-order chi connectivity index (χ0) is 18.0. The Morgan fingerprint density at radius 2 is 1.76 bits per heavy atom. The Hall–Kier alpha value is -1.97. The molecule has 1 N–H and O–H groups in total. The van der Waals surface area contributed by atoms with Gasteiger partial charge in [0.1, 0.15) is 0 Å². The average molecular weight is 339 g/mol. The van der Waals surface area contributed by atoms with E-state index in [2.05, 4.69) is 33.0 Å². The molecule has 1 aliphatic rings. The summed E-state index contributed by atoms with van der Waals surface area (Å²) in [5.41, 5.74) is 4.44. The topological polar surface area (TPSA) is 54.9 Å². The van der Waals surface area contributed by atoms with Crippen molar-refractivity contribution in [2.45, 2.75) is 65.8 Å². The Bertz CT molecular complexity index is 771. The molecule has 0 saturated heterocycles. The Kier molecular flexibility index (Phi) is 5.36. The van der Waals surface area contributed by atoms with Crippen molar-refractivity contribution in [2.24, 2.45) is 11.8 Å². The first-order valence-corrected chi connectivity index (χ1v) is 9.63. The number of amides is 1. The number of rotatable bonds is 4. The van der Waals surface area contributed by atoms with Gasteiger partial charge in [0.05, 0.1) is 22.4 Å². The second-order valence-electron chi connectivity index (χ2n) is 7.37. The van der Waals surface area contributed by atoms with E-state index in [-0.39, 0.29) is 11.9 Å². The van der Waals surface area contributed by atoms with Crippen LogP contribution in [-0.2, 0) is 12.8 Å². The van der Waals surface area contributed by atoms with E-state index in [4.69, 9.17) is 9.97 Å². The number of hydrogen-bond donors (Lipinski definition) is 1. The molecule has 0 aliphatic heterocycles. The highest BCUT2D eigenvalue weighted by atomic mass is 16.1. The number of nitrogens with one attached hydrogen (secondary N) is 1. The molecule has 0 spiro atoms. The van der Waals surface area contributed by atoms with Crippen molar-refractivity contribution in [3.8, 4) is 0 Å². The summed E-state index contributed by atoms with van der Waals surface area (Å²) in [5, 5.41) is 3.24. The second kappa shape index (κ2) is 7.51. The van der Waals surface area contributed by atoms with Crippen molar-refractivity contribution in [3.63, 3.8) is 0 Å². The van der Waals surface area contributed by atoms with Crippen LogP contribution in [0.1, 0.15) is 68.7 Å². The Balaban J connectivity index is 1.84. The molecule has 3 atom stereocenters. The van der Waals surface area contributed by atoms with Crippen molar-refractivity contribution in [2.75, 3.05) is 0 Å². The van der Waals surface area contributed by atoms with Gasteiger partial charge in [0.15, 0.2) is 0 Å². The van der Waals surface area contributed by atoms with Gasteiger partial charge in [-0.2, -0.15) is 0 Å². The smallest absolute Gasteiger partial charge is 0.251 e. The van der Waals surface area contributed by atoms with E-state index in [9.17, 15) is 4.79 Å². The van der Waals surface area contributed by atoms with Crippen LogP contribution in [0.25, 0.3) is 11.0 Å². The van der Waals surface area contributed by atoms with Crippen LogP contribution < -0.4 is 5.32 Å². The van der Waals surface area contributed by atoms with E-state index in [0.29, 0.717) is 17.4 Å². The number of nitrogens with zero attached hydrogens (tertiary/aromatic N) is 2. The lowest BCUT2D eigenvalue weighted by molar-refractivity contribution is 0.0891. The van der Waals surface area contributed by atoms with Crippen LogP contribution in [0, 0.1) is 11.8 Å². The van der Waals surface area contributed by atoms with Gasteiger partial charge < -0.3 is 5.32 Å². The molecule has 1 aromatic heterocycles.